The maximum absolute atomic E-state index is 11.9. The molecular weight excluding hydrogens is 204 g/mol. The van der Waals surface area contributed by atoms with Gasteiger partial charge in [0.25, 0.3) is 0 Å². The van der Waals surface area contributed by atoms with Gasteiger partial charge in [-0.1, -0.05) is 18.2 Å². The fraction of sp³-hybridized carbons (Fsp3) is 0.364. The Morgan fingerprint density at radius 1 is 1.44 bits per heavy atom. The highest BCUT2D eigenvalue weighted by Crippen LogP contribution is 2.08. The molecule has 1 aliphatic rings. The number of benzene rings is 1. The van der Waals surface area contributed by atoms with Crippen molar-refractivity contribution in [3.63, 3.8) is 0 Å². The average Bonchev–Trinajstić information content (AvgIpc) is 2.31. The Labute approximate surface area is 94.6 Å². The Morgan fingerprint density at radius 2 is 2.19 bits per heavy atom. The van der Waals surface area contributed by atoms with Gasteiger partial charge in [-0.05, 0) is 12.1 Å². The molecule has 0 radical (unpaired) electrons. The van der Waals surface area contributed by atoms with E-state index in [1.807, 2.05) is 30.3 Å². The van der Waals surface area contributed by atoms with Crippen LogP contribution in [0.4, 0.5) is 10.5 Å². The smallest absolute Gasteiger partial charge is 0.312 e. The molecule has 0 bridgehead atoms. The number of nitrogens with zero attached hydrogens (tertiary/aromatic N) is 1. The summed E-state index contributed by atoms with van der Waals surface area (Å²) in [5.74, 6) is 0. The third-order valence-electron chi connectivity index (χ3n) is 2.57. The first-order valence-corrected chi connectivity index (χ1v) is 5.36. The van der Waals surface area contributed by atoms with E-state index in [2.05, 4.69) is 10.6 Å². The lowest BCUT2D eigenvalue weighted by Gasteiger charge is -2.33. The zero-order valence-electron chi connectivity index (χ0n) is 9.02. The van der Waals surface area contributed by atoms with Crippen LogP contribution in [0.5, 0.6) is 0 Å². The van der Waals surface area contributed by atoms with Gasteiger partial charge in [0, 0.05) is 25.3 Å². The number of anilines is 1. The molecule has 0 saturated carbocycles. The summed E-state index contributed by atoms with van der Waals surface area (Å²) in [7, 11) is 0. The fourth-order valence-electron chi connectivity index (χ4n) is 1.69. The third kappa shape index (κ3) is 2.50. The standard InChI is InChI=1S/C11H16N4O/c12-10-8-13-6-7-15(10)11(16)14-9-4-2-1-3-5-9/h1-5,10,13H,6-8,12H2,(H,14,16). The minimum absolute atomic E-state index is 0.139. The number of nitrogens with one attached hydrogen (secondary N) is 2. The number of hydrogen-bond acceptors (Lipinski definition) is 3. The van der Waals surface area contributed by atoms with Gasteiger partial charge in [0.2, 0.25) is 0 Å². The van der Waals surface area contributed by atoms with Crippen molar-refractivity contribution in [1.29, 1.82) is 0 Å². The summed E-state index contributed by atoms with van der Waals surface area (Å²) in [6.45, 7) is 2.07. The quantitative estimate of drug-likeness (QED) is 0.642. The molecule has 1 aliphatic heterocycles. The average molecular weight is 220 g/mol. The van der Waals surface area contributed by atoms with Crippen LogP contribution in [0.25, 0.3) is 0 Å². The highest BCUT2D eigenvalue weighted by atomic mass is 16.2. The van der Waals surface area contributed by atoms with Gasteiger partial charge in [0.15, 0.2) is 0 Å². The third-order valence-corrected chi connectivity index (χ3v) is 2.57. The second-order valence-corrected chi connectivity index (χ2v) is 3.76. The molecule has 0 spiro atoms. The second kappa shape index (κ2) is 4.96. The molecule has 86 valence electrons. The summed E-state index contributed by atoms with van der Waals surface area (Å²) >= 11 is 0. The van der Waals surface area contributed by atoms with Gasteiger partial charge in [0.05, 0.1) is 6.17 Å². The number of rotatable bonds is 1. The maximum atomic E-state index is 11.9. The van der Waals surface area contributed by atoms with E-state index >= 15 is 0 Å². The molecule has 5 nitrogen and oxygen atoms in total. The summed E-state index contributed by atoms with van der Waals surface area (Å²) < 4.78 is 0. The topological polar surface area (TPSA) is 70.4 Å². The molecule has 5 heteroatoms. The number of piperazine rings is 1. The lowest BCUT2D eigenvalue weighted by atomic mass is 10.3. The molecule has 1 atom stereocenters. The van der Waals surface area contributed by atoms with Crippen molar-refractivity contribution in [2.24, 2.45) is 5.73 Å². The lowest BCUT2D eigenvalue weighted by molar-refractivity contribution is 0.173. The van der Waals surface area contributed by atoms with E-state index in [1.54, 1.807) is 4.90 Å². The predicted molar refractivity (Wildman–Crippen MR) is 63.0 cm³/mol. The van der Waals surface area contributed by atoms with Crippen LogP contribution in [-0.2, 0) is 0 Å². The van der Waals surface area contributed by atoms with Crippen molar-refractivity contribution in [2.45, 2.75) is 6.17 Å². The molecule has 1 heterocycles. The van der Waals surface area contributed by atoms with E-state index < -0.39 is 0 Å². The Hall–Kier alpha value is -1.59. The van der Waals surface area contributed by atoms with E-state index in [4.69, 9.17) is 5.73 Å². The predicted octanol–water partition coefficient (Wildman–Crippen LogP) is 0.409. The summed E-state index contributed by atoms with van der Waals surface area (Å²) in [6, 6.07) is 9.24. The van der Waals surface area contributed by atoms with Gasteiger partial charge in [-0.15, -0.1) is 0 Å². The minimum Gasteiger partial charge on any atom is -0.312 e. The summed E-state index contributed by atoms with van der Waals surface area (Å²) in [5.41, 5.74) is 6.63. The van der Waals surface area contributed by atoms with Gasteiger partial charge in [-0.25, -0.2) is 4.79 Å². The molecule has 0 aliphatic carbocycles. The molecule has 4 N–H and O–H groups in total. The first-order valence-electron chi connectivity index (χ1n) is 5.36. The van der Waals surface area contributed by atoms with E-state index in [-0.39, 0.29) is 12.2 Å². The molecule has 2 amide bonds. The number of urea groups is 1. The van der Waals surface area contributed by atoms with E-state index in [1.165, 1.54) is 0 Å². The molecule has 1 aromatic carbocycles. The number of amides is 2. The Kier molecular flexibility index (Phi) is 3.38. The first-order chi connectivity index (χ1) is 7.77. The monoisotopic (exact) mass is 220 g/mol. The number of hydrogen-bond donors (Lipinski definition) is 3. The zero-order chi connectivity index (χ0) is 11.4. The van der Waals surface area contributed by atoms with E-state index in [0.29, 0.717) is 13.1 Å². The highest BCUT2D eigenvalue weighted by molar-refractivity contribution is 5.89. The summed E-state index contributed by atoms with van der Waals surface area (Å²) in [5, 5.41) is 5.96. The second-order valence-electron chi connectivity index (χ2n) is 3.76. The number of carbonyl (C=O) groups excluding carboxylic acids is 1. The summed E-state index contributed by atoms with van der Waals surface area (Å²) in [4.78, 5) is 13.5. The van der Waals surface area contributed by atoms with Crippen LogP contribution in [0.2, 0.25) is 0 Å². The van der Waals surface area contributed by atoms with Crippen molar-refractivity contribution in [3.8, 4) is 0 Å². The number of carbonyl (C=O) groups is 1. The Balaban J connectivity index is 1.97. The Bertz CT molecular complexity index is 354. The largest absolute Gasteiger partial charge is 0.323 e. The number of nitrogens with two attached hydrogens (primary N) is 1. The van der Waals surface area contributed by atoms with Crippen molar-refractivity contribution in [3.05, 3.63) is 30.3 Å². The van der Waals surface area contributed by atoms with Crippen LogP contribution < -0.4 is 16.4 Å². The van der Waals surface area contributed by atoms with E-state index in [9.17, 15) is 4.79 Å². The SMILES string of the molecule is NC1CNCCN1C(=O)Nc1ccccc1. The first kappa shape index (κ1) is 10.9. The molecule has 1 saturated heterocycles. The highest BCUT2D eigenvalue weighted by Gasteiger charge is 2.23. The normalized spacial score (nSPS) is 20.6. The maximum Gasteiger partial charge on any atom is 0.323 e. The van der Waals surface area contributed by atoms with Gasteiger partial charge in [-0.3, -0.25) is 0 Å². The van der Waals surface area contributed by atoms with Gasteiger partial charge < -0.3 is 21.3 Å². The van der Waals surface area contributed by atoms with Crippen LogP contribution in [0, 0.1) is 0 Å². The fourth-order valence-corrected chi connectivity index (χ4v) is 1.69. The minimum atomic E-state index is -0.252. The van der Waals surface area contributed by atoms with E-state index in [0.717, 1.165) is 12.2 Å². The van der Waals surface area contributed by atoms with Gasteiger partial charge in [-0.2, -0.15) is 0 Å². The number of para-hydroxylation sites is 1. The van der Waals surface area contributed by atoms with Gasteiger partial charge >= 0.3 is 6.03 Å². The van der Waals surface area contributed by atoms with Crippen LogP contribution in [0.15, 0.2) is 30.3 Å². The molecule has 1 aromatic rings. The molecule has 1 fully saturated rings. The van der Waals surface area contributed by atoms with Crippen LogP contribution in [0.3, 0.4) is 0 Å². The van der Waals surface area contributed by atoms with Crippen LogP contribution in [0.1, 0.15) is 0 Å². The zero-order valence-corrected chi connectivity index (χ0v) is 9.02. The Morgan fingerprint density at radius 3 is 2.88 bits per heavy atom. The molecule has 1 unspecified atom stereocenters. The molecule has 16 heavy (non-hydrogen) atoms. The van der Waals surface area contributed by atoms with Crippen molar-refractivity contribution in [2.75, 3.05) is 25.0 Å². The molecular formula is C11H16N4O. The van der Waals surface area contributed by atoms with Crippen LogP contribution >= 0.6 is 0 Å². The van der Waals surface area contributed by atoms with Crippen molar-refractivity contribution >= 4 is 11.7 Å². The van der Waals surface area contributed by atoms with Crippen molar-refractivity contribution < 1.29 is 4.79 Å². The molecule has 0 aromatic heterocycles. The van der Waals surface area contributed by atoms with Crippen molar-refractivity contribution in [1.82, 2.24) is 10.2 Å². The van der Waals surface area contributed by atoms with Crippen LogP contribution in [-0.4, -0.2) is 36.7 Å². The lowest BCUT2D eigenvalue weighted by Crippen LogP contribution is -2.58. The molecule has 2 rings (SSSR count). The van der Waals surface area contributed by atoms with Gasteiger partial charge in [0.1, 0.15) is 0 Å². The summed E-state index contributed by atoms with van der Waals surface area (Å²) in [6.07, 6.45) is -0.252.